The third-order valence-corrected chi connectivity index (χ3v) is 5.26. The highest BCUT2D eigenvalue weighted by atomic mass is 19.1. The monoisotopic (exact) mass is 304 g/mol. The van der Waals surface area contributed by atoms with Crippen molar-refractivity contribution in [1.82, 2.24) is 5.32 Å². The van der Waals surface area contributed by atoms with Gasteiger partial charge in [0, 0.05) is 25.2 Å². The van der Waals surface area contributed by atoms with Crippen LogP contribution in [0.4, 0.5) is 10.1 Å². The molecule has 0 radical (unpaired) electrons. The number of nitrogens with zero attached hydrogens (tertiary/aromatic N) is 1. The average molecular weight is 304 g/mol. The summed E-state index contributed by atoms with van der Waals surface area (Å²) in [5.41, 5.74) is 1.86. The van der Waals surface area contributed by atoms with Crippen molar-refractivity contribution in [2.45, 2.75) is 70.4 Å². The number of nitrogens with one attached hydrogen (secondary N) is 1. The summed E-state index contributed by atoms with van der Waals surface area (Å²) in [5.74, 6) is -0.0586. The van der Waals surface area contributed by atoms with Gasteiger partial charge in [0.05, 0.1) is 5.69 Å². The van der Waals surface area contributed by atoms with Gasteiger partial charge in [0.15, 0.2) is 0 Å². The molecule has 1 N–H and O–H groups in total. The molecule has 1 aliphatic carbocycles. The van der Waals surface area contributed by atoms with Crippen molar-refractivity contribution in [3.63, 3.8) is 0 Å². The fourth-order valence-electron chi connectivity index (χ4n) is 3.90. The van der Waals surface area contributed by atoms with Gasteiger partial charge < -0.3 is 10.2 Å². The van der Waals surface area contributed by atoms with E-state index in [0.29, 0.717) is 6.04 Å². The summed E-state index contributed by atoms with van der Waals surface area (Å²) in [6.45, 7) is 4.14. The average Bonchev–Trinajstić information content (AvgIpc) is 2.56. The lowest BCUT2D eigenvalue weighted by molar-refractivity contribution is 0.346. The van der Waals surface area contributed by atoms with E-state index in [1.54, 1.807) is 6.07 Å². The first-order chi connectivity index (χ1) is 10.7. The summed E-state index contributed by atoms with van der Waals surface area (Å²) in [7, 11) is 0. The third-order valence-electron chi connectivity index (χ3n) is 5.26. The van der Waals surface area contributed by atoms with Crippen molar-refractivity contribution in [1.29, 1.82) is 0 Å². The van der Waals surface area contributed by atoms with Crippen LogP contribution in [0, 0.1) is 5.82 Å². The lowest BCUT2D eigenvalue weighted by atomic mass is 9.94. The largest absolute Gasteiger partial charge is 0.369 e. The highest BCUT2D eigenvalue weighted by Gasteiger charge is 2.19. The number of rotatable bonds is 4. The van der Waals surface area contributed by atoms with E-state index in [4.69, 9.17) is 0 Å². The molecule has 0 bridgehead atoms. The quantitative estimate of drug-likeness (QED) is 0.859. The van der Waals surface area contributed by atoms with Gasteiger partial charge in [0.25, 0.3) is 0 Å². The molecule has 1 saturated heterocycles. The Kier molecular flexibility index (Phi) is 5.35. The Balaban J connectivity index is 1.65. The zero-order valence-corrected chi connectivity index (χ0v) is 13.8. The van der Waals surface area contributed by atoms with Gasteiger partial charge in [-0.3, -0.25) is 0 Å². The van der Waals surface area contributed by atoms with E-state index in [9.17, 15) is 4.39 Å². The Morgan fingerprint density at radius 1 is 1.05 bits per heavy atom. The highest BCUT2D eigenvalue weighted by molar-refractivity contribution is 5.49. The maximum Gasteiger partial charge on any atom is 0.146 e. The molecule has 2 fully saturated rings. The molecule has 0 aromatic heterocycles. The molecule has 22 heavy (non-hydrogen) atoms. The second-order valence-corrected chi connectivity index (χ2v) is 6.98. The molecule has 3 heteroatoms. The van der Waals surface area contributed by atoms with Crippen LogP contribution in [0.1, 0.15) is 69.9 Å². The van der Waals surface area contributed by atoms with Crippen molar-refractivity contribution in [3.05, 3.63) is 29.6 Å². The van der Waals surface area contributed by atoms with E-state index < -0.39 is 0 Å². The SMILES string of the molecule is C[C@H](NC1CCCCC1)c1ccc(N2CCCCC2)c(F)c1. The molecule has 2 nitrogen and oxygen atoms in total. The molecular weight excluding hydrogens is 275 g/mol. The lowest BCUT2D eigenvalue weighted by Crippen LogP contribution is -2.33. The van der Waals surface area contributed by atoms with Crippen LogP contribution >= 0.6 is 0 Å². The van der Waals surface area contributed by atoms with E-state index >= 15 is 0 Å². The Labute approximate surface area is 134 Å². The first-order valence-corrected chi connectivity index (χ1v) is 9.04. The Bertz CT molecular complexity index is 476. The number of hydrogen-bond acceptors (Lipinski definition) is 2. The molecule has 1 saturated carbocycles. The zero-order chi connectivity index (χ0) is 15.4. The standard InChI is InChI=1S/C19H29FN2/c1-15(21-17-8-4-2-5-9-17)16-10-11-19(18(20)14-16)22-12-6-3-7-13-22/h10-11,14-15,17,21H,2-9,12-13H2,1H3/t15-/m0/s1. The molecule has 0 unspecified atom stereocenters. The minimum atomic E-state index is -0.0586. The molecular formula is C19H29FN2. The van der Waals surface area contributed by atoms with Crippen molar-refractivity contribution < 1.29 is 4.39 Å². The van der Waals surface area contributed by atoms with Gasteiger partial charge in [-0.15, -0.1) is 0 Å². The van der Waals surface area contributed by atoms with Gasteiger partial charge in [-0.05, 0) is 56.7 Å². The Morgan fingerprint density at radius 2 is 1.73 bits per heavy atom. The fraction of sp³-hybridized carbons (Fsp3) is 0.684. The van der Waals surface area contributed by atoms with Crippen LogP contribution in [0.5, 0.6) is 0 Å². The van der Waals surface area contributed by atoms with Gasteiger partial charge in [0.1, 0.15) is 5.82 Å². The second-order valence-electron chi connectivity index (χ2n) is 6.98. The fourth-order valence-corrected chi connectivity index (χ4v) is 3.90. The van der Waals surface area contributed by atoms with E-state index in [1.807, 2.05) is 6.07 Å². The van der Waals surface area contributed by atoms with Crippen molar-refractivity contribution >= 4 is 5.69 Å². The van der Waals surface area contributed by atoms with Crippen LogP contribution < -0.4 is 10.2 Å². The van der Waals surface area contributed by atoms with Crippen molar-refractivity contribution in [2.75, 3.05) is 18.0 Å². The number of benzene rings is 1. The smallest absolute Gasteiger partial charge is 0.146 e. The van der Waals surface area contributed by atoms with Crippen LogP contribution in [0.25, 0.3) is 0 Å². The predicted octanol–water partition coefficient (Wildman–Crippen LogP) is 4.80. The number of piperidine rings is 1. The third kappa shape index (κ3) is 3.81. The van der Waals surface area contributed by atoms with Crippen molar-refractivity contribution in [3.8, 4) is 0 Å². The van der Waals surface area contributed by atoms with Gasteiger partial charge >= 0.3 is 0 Å². The van der Waals surface area contributed by atoms with Gasteiger partial charge in [-0.2, -0.15) is 0 Å². The second kappa shape index (κ2) is 7.45. The van der Waals surface area contributed by atoms with Crippen LogP contribution in [0.3, 0.4) is 0 Å². The Morgan fingerprint density at radius 3 is 2.41 bits per heavy atom. The summed E-state index contributed by atoms with van der Waals surface area (Å²) in [6.07, 6.45) is 10.2. The van der Waals surface area contributed by atoms with E-state index in [2.05, 4.69) is 23.2 Å². The highest BCUT2D eigenvalue weighted by Crippen LogP contribution is 2.27. The summed E-state index contributed by atoms with van der Waals surface area (Å²) in [5, 5.41) is 3.68. The molecule has 1 aromatic rings. The summed E-state index contributed by atoms with van der Waals surface area (Å²) < 4.78 is 14.5. The molecule has 1 aliphatic heterocycles. The van der Waals surface area contributed by atoms with E-state index in [0.717, 1.165) is 24.3 Å². The molecule has 1 atom stereocenters. The van der Waals surface area contributed by atoms with Crippen LogP contribution in [0.15, 0.2) is 18.2 Å². The van der Waals surface area contributed by atoms with Crippen LogP contribution in [-0.4, -0.2) is 19.1 Å². The zero-order valence-electron chi connectivity index (χ0n) is 13.8. The number of halogens is 1. The molecule has 1 heterocycles. The van der Waals surface area contributed by atoms with Crippen LogP contribution in [-0.2, 0) is 0 Å². The molecule has 122 valence electrons. The van der Waals surface area contributed by atoms with Gasteiger partial charge in [0.2, 0.25) is 0 Å². The molecule has 0 amide bonds. The predicted molar refractivity (Wildman–Crippen MR) is 90.9 cm³/mol. The van der Waals surface area contributed by atoms with E-state index in [-0.39, 0.29) is 11.9 Å². The van der Waals surface area contributed by atoms with Crippen molar-refractivity contribution in [2.24, 2.45) is 0 Å². The maximum absolute atomic E-state index is 14.5. The maximum atomic E-state index is 14.5. The summed E-state index contributed by atoms with van der Waals surface area (Å²) >= 11 is 0. The van der Waals surface area contributed by atoms with Gasteiger partial charge in [-0.25, -0.2) is 4.39 Å². The summed E-state index contributed by atoms with van der Waals surface area (Å²) in [4.78, 5) is 2.20. The number of anilines is 1. The number of hydrogen-bond donors (Lipinski definition) is 1. The normalized spacial score (nSPS) is 21.8. The molecule has 1 aromatic carbocycles. The first-order valence-electron chi connectivity index (χ1n) is 9.04. The molecule has 3 rings (SSSR count). The van der Waals surface area contributed by atoms with Gasteiger partial charge in [-0.1, -0.05) is 25.3 Å². The van der Waals surface area contributed by atoms with Crippen LogP contribution in [0.2, 0.25) is 0 Å². The van der Waals surface area contributed by atoms with E-state index in [1.165, 1.54) is 51.4 Å². The summed E-state index contributed by atoms with van der Waals surface area (Å²) in [6, 6.07) is 6.66. The molecule has 0 spiro atoms. The topological polar surface area (TPSA) is 15.3 Å². The Hall–Kier alpha value is -1.09. The minimum absolute atomic E-state index is 0.0586. The first kappa shape index (κ1) is 15.8. The molecule has 2 aliphatic rings. The lowest BCUT2D eigenvalue weighted by Gasteiger charge is -2.30. The minimum Gasteiger partial charge on any atom is -0.369 e.